The lowest BCUT2D eigenvalue weighted by Crippen LogP contribution is -2.18. The van der Waals surface area contributed by atoms with Gasteiger partial charge in [0.25, 0.3) is 0 Å². The summed E-state index contributed by atoms with van der Waals surface area (Å²) in [5, 5.41) is 9.00. The van der Waals surface area contributed by atoms with Crippen LogP contribution in [0.3, 0.4) is 0 Å². The molecule has 0 aromatic heterocycles. The average molecular weight is 206 g/mol. The number of benzene rings is 1. The number of hydrogen-bond donors (Lipinski definition) is 1. The van der Waals surface area contributed by atoms with Crippen molar-refractivity contribution in [1.82, 2.24) is 0 Å². The molecule has 0 spiro atoms. The highest BCUT2D eigenvalue weighted by atomic mass is 16.5. The number of fused-ring (bicyclic) bond motifs is 1. The van der Waals surface area contributed by atoms with Gasteiger partial charge in [0.15, 0.2) is 0 Å². The van der Waals surface area contributed by atoms with Crippen LogP contribution in [0.25, 0.3) is 0 Å². The number of aliphatic hydroxyl groups is 1. The monoisotopic (exact) mass is 206 g/mol. The zero-order valence-corrected chi connectivity index (χ0v) is 9.36. The van der Waals surface area contributed by atoms with Crippen LogP contribution >= 0.6 is 0 Å². The Morgan fingerprint density at radius 2 is 2.33 bits per heavy atom. The normalized spacial score (nSPS) is 20.9. The fourth-order valence-electron chi connectivity index (χ4n) is 2.10. The molecule has 82 valence electrons. The van der Waals surface area contributed by atoms with Crippen LogP contribution in [0.2, 0.25) is 0 Å². The zero-order valence-electron chi connectivity index (χ0n) is 9.36. The number of ether oxygens (including phenoxy) is 1. The van der Waals surface area contributed by atoms with Crippen LogP contribution in [0.15, 0.2) is 18.2 Å². The van der Waals surface area contributed by atoms with Gasteiger partial charge in [0.1, 0.15) is 11.9 Å². The molecule has 1 N–H and O–H groups in total. The molecule has 0 bridgehead atoms. The standard InChI is InChI=1S/C13H18O2/c1-9-3-4-13-11(5-9)7-12(15-13)6-10(2)8-14/h3-5,10,12,14H,6-8H2,1-2H3. The van der Waals surface area contributed by atoms with Gasteiger partial charge in [0.2, 0.25) is 0 Å². The Morgan fingerprint density at radius 3 is 3.07 bits per heavy atom. The van der Waals surface area contributed by atoms with E-state index in [-0.39, 0.29) is 12.7 Å². The zero-order chi connectivity index (χ0) is 10.8. The molecule has 1 heterocycles. The molecule has 0 amide bonds. The molecule has 2 unspecified atom stereocenters. The molecule has 0 aliphatic carbocycles. The third kappa shape index (κ3) is 2.32. The van der Waals surface area contributed by atoms with E-state index in [0.29, 0.717) is 5.92 Å². The van der Waals surface area contributed by atoms with Crippen molar-refractivity contribution in [2.24, 2.45) is 5.92 Å². The van der Waals surface area contributed by atoms with Gasteiger partial charge in [-0.15, -0.1) is 0 Å². The summed E-state index contributed by atoms with van der Waals surface area (Å²) in [5.74, 6) is 1.35. The highest BCUT2D eigenvalue weighted by molar-refractivity contribution is 5.40. The lowest BCUT2D eigenvalue weighted by atomic mass is 10.0. The first-order chi connectivity index (χ1) is 7.19. The molecule has 1 aromatic rings. The topological polar surface area (TPSA) is 29.5 Å². The predicted octanol–water partition coefficient (Wildman–Crippen LogP) is 2.32. The maximum absolute atomic E-state index is 9.00. The first-order valence-corrected chi connectivity index (χ1v) is 5.56. The van der Waals surface area contributed by atoms with E-state index in [1.165, 1.54) is 11.1 Å². The highest BCUT2D eigenvalue weighted by Crippen LogP contribution is 2.31. The molecule has 2 atom stereocenters. The Bertz CT molecular complexity index is 346. The second-order valence-corrected chi connectivity index (χ2v) is 4.58. The minimum Gasteiger partial charge on any atom is -0.490 e. The van der Waals surface area contributed by atoms with Crippen LogP contribution in [-0.2, 0) is 6.42 Å². The molecule has 2 heteroatoms. The number of aliphatic hydroxyl groups excluding tert-OH is 1. The van der Waals surface area contributed by atoms with Crippen LogP contribution in [0.5, 0.6) is 5.75 Å². The second-order valence-electron chi connectivity index (χ2n) is 4.58. The van der Waals surface area contributed by atoms with Crippen molar-refractivity contribution in [2.45, 2.75) is 32.8 Å². The van der Waals surface area contributed by atoms with Gasteiger partial charge in [-0.25, -0.2) is 0 Å². The van der Waals surface area contributed by atoms with Crippen LogP contribution in [0, 0.1) is 12.8 Å². The van der Waals surface area contributed by atoms with Crippen molar-refractivity contribution in [2.75, 3.05) is 6.61 Å². The lowest BCUT2D eigenvalue weighted by Gasteiger charge is -2.14. The molecule has 15 heavy (non-hydrogen) atoms. The first-order valence-electron chi connectivity index (χ1n) is 5.56. The molecule has 0 saturated heterocycles. The predicted molar refractivity (Wildman–Crippen MR) is 60.2 cm³/mol. The molecular formula is C13H18O2. The number of hydrogen-bond acceptors (Lipinski definition) is 2. The summed E-state index contributed by atoms with van der Waals surface area (Å²) >= 11 is 0. The summed E-state index contributed by atoms with van der Waals surface area (Å²) in [7, 11) is 0. The Morgan fingerprint density at radius 1 is 1.53 bits per heavy atom. The minimum atomic E-state index is 0.245. The van der Waals surface area contributed by atoms with Crippen molar-refractivity contribution in [3.63, 3.8) is 0 Å². The van der Waals surface area contributed by atoms with Crippen LogP contribution in [-0.4, -0.2) is 17.8 Å². The molecule has 1 aliphatic rings. The Hall–Kier alpha value is -1.02. The van der Waals surface area contributed by atoms with E-state index in [1.807, 2.05) is 6.07 Å². The van der Waals surface area contributed by atoms with Crippen molar-refractivity contribution in [3.8, 4) is 5.75 Å². The Labute approximate surface area is 90.9 Å². The Balaban J connectivity index is 2.03. The van der Waals surface area contributed by atoms with E-state index >= 15 is 0 Å². The summed E-state index contributed by atoms with van der Waals surface area (Å²) in [6.07, 6.45) is 2.18. The average Bonchev–Trinajstić information content (AvgIpc) is 2.59. The maximum Gasteiger partial charge on any atom is 0.123 e. The summed E-state index contributed by atoms with van der Waals surface area (Å²) in [4.78, 5) is 0. The molecule has 2 nitrogen and oxygen atoms in total. The van der Waals surface area contributed by atoms with Gasteiger partial charge in [0, 0.05) is 13.0 Å². The van der Waals surface area contributed by atoms with E-state index in [4.69, 9.17) is 9.84 Å². The lowest BCUT2D eigenvalue weighted by molar-refractivity contribution is 0.158. The van der Waals surface area contributed by atoms with Crippen molar-refractivity contribution < 1.29 is 9.84 Å². The fraction of sp³-hybridized carbons (Fsp3) is 0.538. The van der Waals surface area contributed by atoms with Crippen molar-refractivity contribution in [1.29, 1.82) is 0 Å². The second kappa shape index (κ2) is 4.23. The fourth-order valence-corrected chi connectivity index (χ4v) is 2.10. The van der Waals surface area contributed by atoms with Crippen LogP contribution in [0.1, 0.15) is 24.5 Å². The van der Waals surface area contributed by atoms with Crippen LogP contribution in [0.4, 0.5) is 0 Å². The summed E-state index contributed by atoms with van der Waals surface area (Å²) in [6.45, 7) is 4.40. The first kappa shape index (κ1) is 10.5. The van der Waals surface area contributed by atoms with Gasteiger partial charge in [-0.2, -0.15) is 0 Å². The number of aryl methyl sites for hydroxylation is 1. The summed E-state index contributed by atoms with van der Waals surface area (Å²) in [5.41, 5.74) is 2.60. The van der Waals surface area contributed by atoms with Crippen molar-refractivity contribution >= 4 is 0 Å². The summed E-state index contributed by atoms with van der Waals surface area (Å²) < 4.78 is 5.82. The van der Waals surface area contributed by atoms with Gasteiger partial charge in [-0.05, 0) is 30.9 Å². The smallest absolute Gasteiger partial charge is 0.123 e. The molecule has 1 aromatic carbocycles. The minimum absolute atomic E-state index is 0.245. The van der Waals surface area contributed by atoms with Crippen molar-refractivity contribution in [3.05, 3.63) is 29.3 Å². The van der Waals surface area contributed by atoms with Gasteiger partial charge < -0.3 is 9.84 Å². The van der Waals surface area contributed by atoms with E-state index in [1.54, 1.807) is 0 Å². The third-order valence-corrected chi connectivity index (χ3v) is 2.93. The van der Waals surface area contributed by atoms with Gasteiger partial charge in [-0.1, -0.05) is 24.6 Å². The molecule has 0 radical (unpaired) electrons. The molecule has 0 fully saturated rings. The summed E-state index contributed by atoms with van der Waals surface area (Å²) in [6, 6.07) is 6.32. The van der Waals surface area contributed by atoms with Gasteiger partial charge >= 0.3 is 0 Å². The van der Waals surface area contributed by atoms with Gasteiger partial charge in [-0.3, -0.25) is 0 Å². The molecule has 2 rings (SSSR count). The molecule has 0 saturated carbocycles. The Kier molecular flexibility index (Phi) is 2.96. The third-order valence-electron chi connectivity index (χ3n) is 2.93. The van der Waals surface area contributed by atoms with Gasteiger partial charge in [0.05, 0.1) is 0 Å². The SMILES string of the molecule is Cc1ccc2c(c1)CC(CC(C)CO)O2. The molecular weight excluding hydrogens is 188 g/mol. The quantitative estimate of drug-likeness (QED) is 0.822. The van der Waals surface area contributed by atoms with Crippen LogP contribution < -0.4 is 4.74 Å². The number of rotatable bonds is 3. The largest absolute Gasteiger partial charge is 0.490 e. The van der Waals surface area contributed by atoms with E-state index in [9.17, 15) is 0 Å². The van der Waals surface area contributed by atoms with E-state index < -0.39 is 0 Å². The van der Waals surface area contributed by atoms with E-state index in [2.05, 4.69) is 26.0 Å². The van der Waals surface area contributed by atoms with E-state index in [0.717, 1.165) is 18.6 Å². The molecule has 1 aliphatic heterocycles. The maximum atomic E-state index is 9.00. The highest BCUT2D eigenvalue weighted by Gasteiger charge is 2.24.